The zero-order valence-electron chi connectivity index (χ0n) is 12.5. The molecular weight excluding hydrogens is 280 g/mol. The number of nitrogens with zero attached hydrogens (tertiary/aromatic N) is 1. The molecule has 2 N–H and O–H groups in total. The van der Waals surface area contributed by atoms with E-state index in [1.54, 1.807) is 0 Å². The highest BCUT2D eigenvalue weighted by Crippen LogP contribution is 2.40. The van der Waals surface area contributed by atoms with Crippen LogP contribution in [0.25, 0.3) is 0 Å². The zero-order chi connectivity index (χ0) is 14.3. The fraction of sp³-hybridized carbons (Fsp3) is 0.647. The van der Waals surface area contributed by atoms with Crippen molar-refractivity contribution in [3.8, 4) is 0 Å². The van der Waals surface area contributed by atoms with Crippen molar-refractivity contribution in [2.45, 2.75) is 43.9 Å². The molecule has 0 radical (unpaired) electrons. The maximum Gasteiger partial charge on any atom is 0.0795 e. The normalized spacial score (nSPS) is 33.2. The highest BCUT2D eigenvalue weighted by atomic mass is 32.2. The van der Waals surface area contributed by atoms with Crippen LogP contribution in [0.2, 0.25) is 0 Å². The summed E-state index contributed by atoms with van der Waals surface area (Å²) in [4.78, 5) is 2.68. The van der Waals surface area contributed by atoms with E-state index in [4.69, 9.17) is 10.5 Å². The Morgan fingerprint density at radius 2 is 2.33 bits per heavy atom. The second kappa shape index (κ2) is 5.49. The Hall–Kier alpha value is -0.710. The SMILES string of the molecule is Nc1cccc2c1CCN(C1CCOC3(CCSC3)C1)C2. The number of fused-ring (bicyclic) bond motifs is 1. The molecule has 3 aliphatic heterocycles. The second-order valence-electron chi connectivity index (χ2n) is 6.69. The molecule has 0 amide bonds. The molecule has 0 aliphatic carbocycles. The molecule has 1 aromatic rings. The number of rotatable bonds is 1. The van der Waals surface area contributed by atoms with E-state index in [-0.39, 0.29) is 5.60 Å². The van der Waals surface area contributed by atoms with Gasteiger partial charge in [-0.1, -0.05) is 12.1 Å². The molecule has 21 heavy (non-hydrogen) atoms. The summed E-state index contributed by atoms with van der Waals surface area (Å²) in [5.74, 6) is 2.47. The first-order valence-corrected chi connectivity index (χ1v) is 9.23. The van der Waals surface area contributed by atoms with Gasteiger partial charge in [-0.05, 0) is 48.6 Å². The zero-order valence-corrected chi connectivity index (χ0v) is 13.3. The smallest absolute Gasteiger partial charge is 0.0795 e. The van der Waals surface area contributed by atoms with Crippen molar-refractivity contribution in [3.63, 3.8) is 0 Å². The molecule has 4 rings (SSSR count). The van der Waals surface area contributed by atoms with Crippen LogP contribution in [0.1, 0.15) is 30.4 Å². The highest BCUT2D eigenvalue weighted by Gasteiger charge is 2.42. The first-order valence-electron chi connectivity index (χ1n) is 8.08. The van der Waals surface area contributed by atoms with Gasteiger partial charge < -0.3 is 10.5 Å². The Morgan fingerprint density at radius 3 is 3.19 bits per heavy atom. The molecule has 114 valence electrons. The van der Waals surface area contributed by atoms with Crippen LogP contribution in [-0.2, 0) is 17.7 Å². The summed E-state index contributed by atoms with van der Waals surface area (Å²) in [7, 11) is 0. The van der Waals surface area contributed by atoms with Crippen molar-refractivity contribution in [3.05, 3.63) is 29.3 Å². The molecule has 1 spiro atoms. The Labute approximate surface area is 131 Å². The maximum absolute atomic E-state index is 6.17. The number of ether oxygens (including phenoxy) is 1. The van der Waals surface area contributed by atoms with Crippen LogP contribution >= 0.6 is 11.8 Å². The Morgan fingerprint density at radius 1 is 1.38 bits per heavy atom. The predicted octanol–water partition coefficient (Wildman–Crippen LogP) is 2.68. The number of nitrogens with two attached hydrogens (primary N) is 1. The monoisotopic (exact) mass is 304 g/mol. The lowest BCUT2D eigenvalue weighted by Crippen LogP contribution is -2.50. The molecule has 2 fully saturated rings. The summed E-state index contributed by atoms with van der Waals surface area (Å²) in [5, 5.41) is 0. The van der Waals surface area contributed by atoms with Crippen LogP contribution in [0, 0.1) is 0 Å². The maximum atomic E-state index is 6.17. The summed E-state index contributed by atoms with van der Waals surface area (Å²) in [5.41, 5.74) is 10.1. The number of benzene rings is 1. The first-order chi connectivity index (χ1) is 10.3. The molecule has 2 atom stereocenters. The van der Waals surface area contributed by atoms with E-state index >= 15 is 0 Å². The number of hydrogen-bond acceptors (Lipinski definition) is 4. The van der Waals surface area contributed by atoms with Gasteiger partial charge in [-0.2, -0.15) is 11.8 Å². The van der Waals surface area contributed by atoms with Crippen LogP contribution in [0.4, 0.5) is 5.69 Å². The predicted molar refractivity (Wildman–Crippen MR) is 88.6 cm³/mol. The van der Waals surface area contributed by atoms with E-state index in [1.807, 2.05) is 6.07 Å². The molecule has 3 heterocycles. The van der Waals surface area contributed by atoms with Gasteiger partial charge in [0.25, 0.3) is 0 Å². The van der Waals surface area contributed by atoms with Crippen LogP contribution in [-0.4, -0.2) is 41.2 Å². The number of anilines is 1. The summed E-state index contributed by atoms with van der Waals surface area (Å²) in [6.45, 7) is 3.15. The molecule has 1 aromatic carbocycles. The third-order valence-corrected chi connectivity index (χ3v) is 6.61. The Bertz CT molecular complexity index is 528. The van der Waals surface area contributed by atoms with Gasteiger partial charge in [-0.3, -0.25) is 4.90 Å². The molecule has 0 aromatic heterocycles. The second-order valence-corrected chi connectivity index (χ2v) is 7.79. The van der Waals surface area contributed by atoms with Crippen LogP contribution in [0.3, 0.4) is 0 Å². The lowest BCUT2D eigenvalue weighted by molar-refractivity contribution is -0.0914. The minimum Gasteiger partial charge on any atom is -0.398 e. The lowest BCUT2D eigenvalue weighted by atomic mass is 9.87. The van der Waals surface area contributed by atoms with Gasteiger partial charge in [0.15, 0.2) is 0 Å². The quantitative estimate of drug-likeness (QED) is 0.810. The van der Waals surface area contributed by atoms with Crippen molar-refractivity contribution in [2.75, 3.05) is 30.4 Å². The number of nitrogen functional groups attached to an aromatic ring is 1. The summed E-state index contributed by atoms with van der Waals surface area (Å²) in [6.07, 6.45) is 4.74. The fourth-order valence-corrected chi connectivity index (χ4v) is 5.53. The van der Waals surface area contributed by atoms with E-state index in [0.717, 1.165) is 31.8 Å². The fourth-order valence-electron chi connectivity index (χ4n) is 4.15. The molecule has 2 unspecified atom stereocenters. The molecule has 3 aliphatic rings. The standard InChI is InChI=1S/C17H24N2OS/c18-16-3-1-2-13-11-19(7-4-15(13)16)14-5-8-20-17(10-14)6-9-21-12-17/h1-3,14H,4-12,18H2. The molecule has 0 bridgehead atoms. The average molecular weight is 304 g/mol. The summed E-state index contributed by atoms with van der Waals surface area (Å²) < 4.78 is 6.17. The van der Waals surface area contributed by atoms with Gasteiger partial charge >= 0.3 is 0 Å². The average Bonchev–Trinajstić information content (AvgIpc) is 2.95. The van der Waals surface area contributed by atoms with Crippen molar-refractivity contribution in [2.24, 2.45) is 0 Å². The van der Waals surface area contributed by atoms with Crippen LogP contribution in [0.5, 0.6) is 0 Å². The van der Waals surface area contributed by atoms with Gasteiger partial charge in [0.1, 0.15) is 0 Å². The Balaban J connectivity index is 1.50. The third kappa shape index (κ3) is 2.58. The molecule has 0 saturated carbocycles. The largest absolute Gasteiger partial charge is 0.398 e. The third-order valence-electron chi connectivity index (χ3n) is 5.38. The van der Waals surface area contributed by atoms with Gasteiger partial charge in [0.05, 0.1) is 5.60 Å². The van der Waals surface area contributed by atoms with E-state index in [9.17, 15) is 0 Å². The first kappa shape index (κ1) is 13.9. The summed E-state index contributed by atoms with van der Waals surface area (Å²) in [6, 6.07) is 7.06. The number of hydrogen-bond donors (Lipinski definition) is 1. The van der Waals surface area contributed by atoms with Crippen molar-refractivity contribution >= 4 is 17.4 Å². The van der Waals surface area contributed by atoms with Gasteiger partial charge in [-0.25, -0.2) is 0 Å². The molecule has 2 saturated heterocycles. The van der Waals surface area contributed by atoms with E-state index < -0.39 is 0 Å². The molecule has 3 nitrogen and oxygen atoms in total. The van der Waals surface area contributed by atoms with E-state index in [1.165, 1.54) is 41.9 Å². The Kier molecular flexibility index (Phi) is 3.64. The van der Waals surface area contributed by atoms with E-state index in [2.05, 4.69) is 28.8 Å². The summed E-state index contributed by atoms with van der Waals surface area (Å²) >= 11 is 2.06. The van der Waals surface area contributed by atoms with Crippen molar-refractivity contribution in [1.29, 1.82) is 0 Å². The van der Waals surface area contributed by atoms with Crippen LogP contribution < -0.4 is 5.73 Å². The lowest BCUT2D eigenvalue weighted by Gasteiger charge is -2.44. The molecular formula is C17H24N2OS. The van der Waals surface area contributed by atoms with Gasteiger partial charge in [-0.15, -0.1) is 0 Å². The van der Waals surface area contributed by atoms with Gasteiger partial charge in [0.2, 0.25) is 0 Å². The minimum atomic E-state index is 0.184. The topological polar surface area (TPSA) is 38.5 Å². The van der Waals surface area contributed by atoms with Crippen molar-refractivity contribution in [1.82, 2.24) is 4.90 Å². The van der Waals surface area contributed by atoms with Gasteiger partial charge in [0, 0.05) is 37.2 Å². The van der Waals surface area contributed by atoms with Crippen LogP contribution in [0.15, 0.2) is 18.2 Å². The van der Waals surface area contributed by atoms with Crippen molar-refractivity contribution < 1.29 is 4.74 Å². The molecule has 4 heteroatoms. The minimum absolute atomic E-state index is 0.184. The number of thioether (sulfide) groups is 1. The van der Waals surface area contributed by atoms with E-state index in [0.29, 0.717) is 6.04 Å². The highest BCUT2D eigenvalue weighted by molar-refractivity contribution is 7.99.